The summed E-state index contributed by atoms with van der Waals surface area (Å²) in [7, 11) is 5.34. The lowest BCUT2D eigenvalue weighted by molar-refractivity contribution is -0.142. The normalized spacial score (nSPS) is 20.0. The van der Waals surface area contributed by atoms with Crippen LogP contribution in [0.25, 0.3) is 0 Å². The fourth-order valence-electron chi connectivity index (χ4n) is 5.00. The van der Waals surface area contributed by atoms with Gasteiger partial charge in [0, 0.05) is 46.0 Å². The molecule has 0 unspecified atom stereocenters. The molecule has 0 saturated carbocycles. The van der Waals surface area contributed by atoms with Crippen molar-refractivity contribution in [1.29, 1.82) is 0 Å². The number of rotatable bonds is 7. The first-order valence-corrected chi connectivity index (χ1v) is 11.8. The number of aryl methyl sites for hydroxylation is 1. The quantitative estimate of drug-likeness (QED) is 0.643. The number of likely N-dealkylation sites (N-methyl/N-ethyl adjacent to an activating group) is 1. The average Bonchev–Trinajstić information content (AvgIpc) is 3.54. The van der Waals surface area contributed by atoms with Gasteiger partial charge in [0.2, 0.25) is 0 Å². The molecule has 1 aromatic carbocycles. The number of nitrogens with zero attached hydrogens (tertiary/aromatic N) is 4. The van der Waals surface area contributed by atoms with Gasteiger partial charge < -0.3 is 19.3 Å². The number of benzene rings is 1. The van der Waals surface area contributed by atoms with Gasteiger partial charge in [0.15, 0.2) is 0 Å². The summed E-state index contributed by atoms with van der Waals surface area (Å²) in [5.74, 6) is 1.12. The molecule has 0 radical (unpaired) electrons. The topological polar surface area (TPSA) is 76.9 Å². The maximum atomic E-state index is 13.2. The monoisotopic (exact) mass is 454 g/mol. The summed E-state index contributed by atoms with van der Waals surface area (Å²) in [5.41, 5.74) is 1.57. The van der Waals surface area contributed by atoms with Crippen molar-refractivity contribution in [3.8, 4) is 5.75 Å². The van der Waals surface area contributed by atoms with Crippen molar-refractivity contribution in [1.82, 2.24) is 19.6 Å². The van der Waals surface area contributed by atoms with Crippen LogP contribution in [0.1, 0.15) is 41.7 Å². The fourth-order valence-corrected chi connectivity index (χ4v) is 5.00. The van der Waals surface area contributed by atoms with E-state index in [-0.39, 0.29) is 29.9 Å². The van der Waals surface area contributed by atoms with E-state index in [1.807, 2.05) is 42.1 Å². The van der Waals surface area contributed by atoms with Crippen LogP contribution < -0.4 is 4.74 Å². The van der Waals surface area contributed by atoms with Crippen LogP contribution in [0.4, 0.5) is 0 Å². The van der Waals surface area contributed by atoms with E-state index in [0.717, 1.165) is 43.4 Å². The Morgan fingerprint density at radius 1 is 1.24 bits per heavy atom. The molecule has 0 bridgehead atoms. The van der Waals surface area contributed by atoms with Crippen LogP contribution in [0.15, 0.2) is 36.5 Å². The minimum Gasteiger partial charge on any atom is -0.497 e. The van der Waals surface area contributed by atoms with E-state index in [0.29, 0.717) is 25.4 Å². The molecule has 8 nitrogen and oxygen atoms in total. The SMILES string of the molecule is COc1cccc(C[C@H](C2CCN(C(=O)[C@@H]3CCCO3)CC2)N(C)C(=O)c2ccn(C)n2)c1. The first-order chi connectivity index (χ1) is 16.0. The number of methoxy groups -OCH3 is 1. The van der Waals surface area contributed by atoms with Crippen molar-refractivity contribution in [2.24, 2.45) is 13.0 Å². The Bertz CT molecular complexity index is 961. The van der Waals surface area contributed by atoms with Crippen molar-refractivity contribution >= 4 is 11.8 Å². The zero-order chi connectivity index (χ0) is 23.4. The molecule has 4 rings (SSSR count). The minimum atomic E-state index is -0.275. The molecular formula is C25H34N4O4. The van der Waals surface area contributed by atoms with Crippen molar-refractivity contribution in [3.63, 3.8) is 0 Å². The third kappa shape index (κ3) is 5.38. The molecule has 0 spiro atoms. The zero-order valence-corrected chi connectivity index (χ0v) is 19.8. The maximum absolute atomic E-state index is 13.2. The largest absolute Gasteiger partial charge is 0.497 e. The highest BCUT2D eigenvalue weighted by Gasteiger charge is 2.36. The van der Waals surface area contributed by atoms with E-state index in [9.17, 15) is 9.59 Å². The van der Waals surface area contributed by atoms with E-state index >= 15 is 0 Å². The van der Waals surface area contributed by atoms with Gasteiger partial charge >= 0.3 is 0 Å². The van der Waals surface area contributed by atoms with Crippen LogP contribution in [0, 0.1) is 5.92 Å². The van der Waals surface area contributed by atoms with Gasteiger partial charge in [0.1, 0.15) is 17.5 Å². The summed E-state index contributed by atoms with van der Waals surface area (Å²) in [6.07, 6.45) is 5.71. The number of piperidine rings is 1. The first-order valence-electron chi connectivity index (χ1n) is 11.8. The lowest BCUT2D eigenvalue weighted by Gasteiger charge is -2.40. The highest BCUT2D eigenvalue weighted by Crippen LogP contribution is 2.29. The highest BCUT2D eigenvalue weighted by molar-refractivity contribution is 5.92. The van der Waals surface area contributed by atoms with Crippen LogP contribution in [0.5, 0.6) is 5.75 Å². The van der Waals surface area contributed by atoms with Crippen LogP contribution in [0.2, 0.25) is 0 Å². The molecule has 3 heterocycles. The van der Waals surface area contributed by atoms with Gasteiger partial charge in [-0.3, -0.25) is 14.3 Å². The molecular weight excluding hydrogens is 420 g/mol. The molecule has 2 saturated heterocycles. The number of likely N-dealkylation sites (tertiary alicyclic amines) is 1. The van der Waals surface area contributed by atoms with Crippen LogP contribution in [-0.2, 0) is 23.0 Å². The van der Waals surface area contributed by atoms with Gasteiger partial charge in [-0.2, -0.15) is 5.10 Å². The van der Waals surface area contributed by atoms with E-state index in [4.69, 9.17) is 9.47 Å². The molecule has 2 amide bonds. The molecule has 0 aliphatic carbocycles. The second kappa shape index (κ2) is 10.4. The molecule has 2 aliphatic rings. The summed E-state index contributed by atoms with van der Waals surface area (Å²) < 4.78 is 12.6. The Labute approximate surface area is 195 Å². The third-order valence-electron chi connectivity index (χ3n) is 6.93. The summed E-state index contributed by atoms with van der Waals surface area (Å²) in [4.78, 5) is 29.8. The smallest absolute Gasteiger partial charge is 0.274 e. The summed E-state index contributed by atoms with van der Waals surface area (Å²) in [6.45, 7) is 2.07. The van der Waals surface area contributed by atoms with Crippen molar-refractivity contribution in [2.45, 2.75) is 44.2 Å². The van der Waals surface area contributed by atoms with Gasteiger partial charge in [-0.1, -0.05) is 12.1 Å². The van der Waals surface area contributed by atoms with Crippen LogP contribution in [0.3, 0.4) is 0 Å². The number of carbonyl (C=O) groups excluding carboxylic acids is 2. The van der Waals surface area contributed by atoms with Gasteiger partial charge in [0.05, 0.1) is 7.11 Å². The highest BCUT2D eigenvalue weighted by atomic mass is 16.5. The molecule has 2 aromatic rings. The Kier molecular flexibility index (Phi) is 7.33. The summed E-state index contributed by atoms with van der Waals surface area (Å²) in [6, 6.07) is 9.76. The Morgan fingerprint density at radius 2 is 2.03 bits per heavy atom. The number of ether oxygens (including phenoxy) is 2. The molecule has 2 aliphatic heterocycles. The molecule has 33 heavy (non-hydrogen) atoms. The average molecular weight is 455 g/mol. The Hall–Kier alpha value is -2.87. The van der Waals surface area contributed by atoms with E-state index in [1.165, 1.54) is 0 Å². The third-order valence-corrected chi connectivity index (χ3v) is 6.93. The lowest BCUT2D eigenvalue weighted by atomic mass is 9.84. The predicted octanol–water partition coefficient (Wildman–Crippen LogP) is 2.53. The van der Waals surface area contributed by atoms with Crippen LogP contribution >= 0.6 is 0 Å². The lowest BCUT2D eigenvalue weighted by Crippen LogP contribution is -2.50. The van der Waals surface area contributed by atoms with Gasteiger partial charge in [-0.05, 0) is 61.8 Å². The van der Waals surface area contributed by atoms with E-state index in [1.54, 1.807) is 24.1 Å². The number of carbonyl (C=O) groups is 2. The van der Waals surface area contributed by atoms with Crippen molar-refractivity contribution < 1.29 is 19.1 Å². The Morgan fingerprint density at radius 3 is 2.67 bits per heavy atom. The fraction of sp³-hybridized carbons (Fsp3) is 0.560. The molecule has 2 fully saturated rings. The predicted molar refractivity (Wildman–Crippen MR) is 124 cm³/mol. The van der Waals surface area contributed by atoms with Gasteiger partial charge in [0.25, 0.3) is 11.8 Å². The van der Waals surface area contributed by atoms with Crippen LogP contribution in [-0.4, -0.2) is 77.4 Å². The van der Waals surface area contributed by atoms with E-state index < -0.39 is 0 Å². The minimum absolute atomic E-state index is 0.00778. The number of amides is 2. The van der Waals surface area contributed by atoms with Crippen molar-refractivity contribution in [3.05, 3.63) is 47.8 Å². The second-order valence-corrected chi connectivity index (χ2v) is 9.08. The first kappa shape index (κ1) is 23.3. The molecule has 178 valence electrons. The standard InChI is InChI=1S/C25H34N4O4/c1-27-12-11-21(26-27)24(30)28(2)22(17-18-6-4-7-20(16-18)32-3)19-9-13-29(14-10-19)25(31)23-8-5-15-33-23/h4,6-7,11-12,16,19,22-23H,5,8-10,13-15,17H2,1-3H3/t22-,23+/m1/s1. The van der Waals surface area contributed by atoms with E-state index in [2.05, 4.69) is 11.2 Å². The summed E-state index contributed by atoms with van der Waals surface area (Å²) in [5, 5.41) is 4.31. The Balaban J connectivity index is 1.49. The van der Waals surface area contributed by atoms with Gasteiger partial charge in [-0.15, -0.1) is 0 Å². The number of hydrogen-bond donors (Lipinski definition) is 0. The molecule has 2 atom stereocenters. The summed E-state index contributed by atoms with van der Waals surface area (Å²) >= 11 is 0. The molecule has 8 heteroatoms. The molecule has 0 N–H and O–H groups in total. The second-order valence-electron chi connectivity index (χ2n) is 9.08. The maximum Gasteiger partial charge on any atom is 0.274 e. The zero-order valence-electron chi connectivity index (χ0n) is 19.8. The number of hydrogen-bond acceptors (Lipinski definition) is 5. The molecule has 1 aromatic heterocycles. The van der Waals surface area contributed by atoms with Gasteiger partial charge in [-0.25, -0.2) is 0 Å². The van der Waals surface area contributed by atoms with Crippen molar-refractivity contribution in [2.75, 3.05) is 33.9 Å². The number of aromatic nitrogens is 2.